The fourth-order valence-corrected chi connectivity index (χ4v) is 2.53. The molecule has 1 aliphatic rings. The number of aromatic hydroxyl groups is 1. The zero-order chi connectivity index (χ0) is 15.0. The van der Waals surface area contributed by atoms with E-state index in [-0.39, 0.29) is 17.5 Å². The number of nitrogens with one attached hydrogen (secondary N) is 1. The van der Waals surface area contributed by atoms with Crippen molar-refractivity contribution >= 4 is 11.6 Å². The minimum atomic E-state index is -0.593. The number of phenolic OH excluding ortho intramolecular Hbond substituents is 1. The van der Waals surface area contributed by atoms with Gasteiger partial charge >= 0.3 is 0 Å². The molecule has 4 heteroatoms. The van der Waals surface area contributed by atoms with Crippen molar-refractivity contribution in [3.8, 4) is 5.75 Å². The van der Waals surface area contributed by atoms with Crippen molar-refractivity contribution < 1.29 is 14.3 Å². The molecule has 0 saturated heterocycles. The normalized spacial score (nSPS) is 15.5. The van der Waals surface area contributed by atoms with Crippen LogP contribution in [0.25, 0.3) is 0 Å². The third-order valence-corrected chi connectivity index (χ3v) is 3.98. The summed E-state index contributed by atoms with van der Waals surface area (Å²) in [5.74, 6) is -0.426. The molecule has 1 saturated carbocycles. The first kappa shape index (κ1) is 13.6. The lowest BCUT2D eigenvalue weighted by Crippen LogP contribution is -2.27. The van der Waals surface area contributed by atoms with Crippen LogP contribution in [-0.2, 0) is 10.2 Å². The molecule has 0 spiro atoms. The van der Waals surface area contributed by atoms with E-state index < -0.39 is 5.41 Å². The van der Waals surface area contributed by atoms with Crippen molar-refractivity contribution in [3.63, 3.8) is 0 Å². The molecule has 3 rings (SSSR count). The number of amides is 1. The van der Waals surface area contributed by atoms with Crippen LogP contribution in [0.4, 0.5) is 10.1 Å². The average molecular weight is 285 g/mol. The van der Waals surface area contributed by atoms with E-state index in [4.69, 9.17) is 0 Å². The predicted molar refractivity (Wildman–Crippen MR) is 78.8 cm³/mol. The molecule has 1 aliphatic carbocycles. The number of rotatable bonds is 3. The van der Waals surface area contributed by atoms with Gasteiger partial charge in [-0.3, -0.25) is 4.79 Å². The fourth-order valence-electron chi connectivity index (χ4n) is 2.53. The molecule has 0 aromatic heterocycles. The molecule has 0 unspecified atom stereocenters. The lowest BCUT2D eigenvalue weighted by atomic mass is 9.95. The highest BCUT2D eigenvalue weighted by Crippen LogP contribution is 2.49. The van der Waals surface area contributed by atoms with Gasteiger partial charge < -0.3 is 10.4 Å². The quantitative estimate of drug-likeness (QED) is 0.848. The second-order valence-electron chi connectivity index (χ2n) is 5.56. The van der Waals surface area contributed by atoms with E-state index in [1.54, 1.807) is 30.3 Å². The molecule has 21 heavy (non-hydrogen) atoms. The zero-order valence-electron chi connectivity index (χ0n) is 11.7. The summed E-state index contributed by atoms with van der Waals surface area (Å²) in [6, 6.07) is 11.1. The molecule has 2 aromatic carbocycles. The second-order valence-corrected chi connectivity index (χ2v) is 5.56. The van der Waals surface area contributed by atoms with E-state index in [2.05, 4.69) is 5.32 Å². The van der Waals surface area contributed by atoms with Crippen LogP contribution in [-0.4, -0.2) is 11.0 Å². The van der Waals surface area contributed by atoms with E-state index >= 15 is 0 Å². The lowest BCUT2D eigenvalue weighted by Gasteiger charge is -2.16. The number of hydrogen-bond donors (Lipinski definition) is 2. The molecule has 1 fully saturated rings. The number of anilines is 1. The molecule has 0 bridgehead atoms. The van der Waals surface area contributed by atoms with Crippen LogP contribution in [0.3, 0.4) is 0 Å². The van der Waals surface area contributed by atoms with Crippen molar-refractivity contribution in [1.29, 1.82) is 0 Å². The van der Waals surface area contributed by atoms with Crippen molar-refractivity contribution in [2.24, 2.45) is 0 Å². The molecule has 2 N–H and O–H groups in total. The van der Waals surface area contributed by atoms with Crippen LogP contribution in [0.15, 0.2) is 42.5 Å². The van der Waals surface area contributed by atoms with Crippen LogP contribution < -0.4 is 5.32 Å². The van der Waals surface area contributed by atoms with E-state index in [0.29, 0.717) is 5.69 Å². The maximum atomic E-state index is 13.0. The Labute approximate surface area is 122 Å². The van der Waals surface area contributed by atoms with Crippen LogP contribution in [0, 0.1) is 12.7 Å². The van der Waals surface area contributed by atoms with Gasteiger partial charge in [-0.05, 0) is 55.2 Å². The molecule has 3 nitrogen and oxygen atoms in total. The van der Waals surface area contributed by atoms with Gasteiger partial charge in [0, 0.05) is 0 Å². The Hall–Kier alpha value is -2.36. The van der Waals surface area contributed by atoms with E-state index in [1.807, 2.05) is 6.92 Å². The second kappa shape index (κ2) is 4.88. The molecule has 0 radical (unpaired) electrons. The van der Waals surface area contributed by atoms with Crippen LogP contribution >= 0.6 is 0 Å². The van der Waals surface area contributed by atoms with Gasteiger partial charge in [-0.1, -0.05) is 18.2 Å². The summed E-state index contributed by atoms with van der Waals surface area (Å²) in [5.41, 5.74) is 1.58. The molecular weight excluding hydrogens is 269 g/mol. The van der Waals surface area contributed by atoms with E-state index in [1.165, 1.54) is 12.1 Å². The Morgan fingerprint density at radius 2 is 1.86 bits per heavy atom. The van der Waals surface area contributed by atoms with Gasteiger partial charge in [-0.15, -0.1) is 0 Å². The van der Waals surface area contributed by atoms with Crippen molar-refractivity contribution in [3.05, 3.63) is 59.4 Å². The molecule has 0 heterocycles. The van der Waals surface area contributed by atoms with Gasteiger partial charge in [-0.25, -0.2) is 4.39 Å². The first-order chi connectivity index (χ1) is 10.0. The molecule has 2 aromatic rings. The molecule has 0 aliphatic heterocycles. The maximum absolute atomic E-state index is 13.0. The van der Waals surface area contributed by atoms with Gasteiger partial charge in [0.1, 0.15) is 11.6 Å². The monoisotopic (exact) mass is 285 g/mol. The largest absolute Gasteiger partial charge is 0.506 e. The smallest absolute Gasteiger partial charge is 0.235 e. The third kappa shape index (κ3) is 2.49. The highest BCUT2D eigenvalue weighted by molar-refractivity contribution is 6.02. The van der Waals surface area contributed by atoms with Gasteiger partial charge in [0.15, 0.2) is 0 Å². The Balaban J connectivity index is 1.85. The average Bonchev–Trinajstić information content (AvgIpc) is 3.25. The van der Waals surface area contributed by atoms with Crippen molar-refractivity contribution in [2.45, 2.75) is 25.2 Å². The molecule has 108 valence electrons. The molecule has 0 atom stereocenters. The molecule has 1 amide bonds. The predicted octanol–water partition coefficient (Wildman–Crippen LogP) is 3.51. The topological polar surface area (TPSA) is 49.3 Å². The number of carbonyl (C=O) groups excluding carboxylic acids is 1. The lowest BCUT2D eigenvalue weighted by molar-refractivity contribution is -0.118. The van der Waals surface area contributed by atoms with E-state index in [9.17, 15) is 14.3 Å². The van der Waals surface area contributed by atoms with Crippen molar-refractivity contribution in [1.82, 2.24) is 0 Å². The van der Waals surface area contributed by atoms with E-state index in [0.717, 1.165) is 24.0 Å². The van der Waals surface area contributed by atoms with Gasteiger partial charge in [-0.2, -0.15) is 0 Å². The number of carbonyl (C=O) groups is 1. The summed E-state index contributed by atoms with van der Waals surface area (Å²) in [7, 11) is 0. The highest BCUT2D eigenvalue weighted by atomic mass is 19.1. The Bertz CT molecular complexity index is 690. The summed E-state index contributed by atoms with van der Waals surface area (Å²) in [5, 5.41) is 12.6. The highest BCUT2D eigenvalue weighted by Gasteiger charge is 2.51. The zero-order valence-corrected chi connectivity index (χ0v) is 11.7. The number of aryl methyl sites for hydroxylation is 1. The minimum Gasteiger partial charge on any atom is -0.506 e. The van der Waals surface area contributed by atoms with Crippen molar-refractivity contribution in [2.75, 3.05) is 5.32 Å². The number of hydrogen-bond acceptors (Lipinski definition) is 2. The molecular formula is C17H16FNO2. The fraction of sp³-hybridized carbons (Fsp3) is 0.235. The van der Waals surface area contributed by atoms with Gasteiger partial charge in [0.2, 0.25) is 5.91 Å². The Morgan fingerprint density at radius 3 is 2.48 bits per heavy atom. The maximum Gasteiger partial charge on any atom is 0.235 e. The first-order valence-corrected chi connectivity index (χ1v) is 6.88. The Kier molecular flexibility index (Phi) is 3.16. The summed E-state index contributed by atoms with van der Waals surface area (Å²) in [4.78, 5) is 12.5. The van der Waals surface area contributed by atoms with Gasteiger partial charge in [0.05, 0.1) is 11.1 Å². The number of benzene rings is 2. The summed E-state index contributed by atoms with van der Waals surface area (Å²) in [6.45, 7) is 1.89. The minimum absolute atomic E-state index is 0.0452. The number of halogens is 1. The third-order valence-electron chi connectivity index (χ3n) is 3.98. The summed E-state index contributed by atoms with van der Waals surface area (Å²) < 4.78 is 13.0. The van der Waals surface area contributed by atoms with Crippen LogP contribution in [0.1, 0.15) is 24.0 Å². The van der Waals surface area contributed by atoms with Crippen LogP contribution in [0.2, 0.25) is 0 Å². The number of phenols is 1. The standard InChI is InChI=1S/C17H16FNO2/c1-11-2-7-15(20)14(10-11)19-16(21)17(8-9-17)12-3-5-13(18)6-4-12/h2-7,10,20H,8-9H2,1H3,(H,19,21). The van der Waals surface area contributed by atoms with Crippen LogP contribution in [0.5, 0.6) is 5.75 Å². The SMILES string of the molecule is Cc1ccc(O)c(NC(=O)C2(c3ccc(F)cc3)CC2)c1. The Morgan fingerprint density at radius 1 is 1.19 bits per heavy atom. The summed E-state index contributed by atoms with van der Waals surface area (Å²) in [6.07, 6.45) is 1.47. The first-order valence-electron chi connectivity index (χ1n) is 6.88. The summed E-state index contributed by atoms with van der Waals surface area (Å²) >= 11 is 0. The van der Waals surface area contributed by atoms with Gasteiger partial charge in [0.25, 0.3) is 0 Å².